The topological polar surface area (TPSA) is 41.1 Å². The van der Waals surface area contributed by atoms with Gasteiger partial charge in [0.1, 0.15) is 5.82 Å². The number of fused-ring (bicyclic) bond motifs is 1. The van der Waals surface area contributed by atoms with Gasteiger partial charge in [0.05, 0.1) is 5.52 Å². The maximum atomic E-state index is 4.73. The lowest BCUT2D eigenvalue weighted by molar-refractivity contribution is 0.811. The molecule has 1 aliphatic carbocycles. The van der Waals surface area contributed by atoms with Crippen molar-refractivity contribution in [2.24, 2.45) is 0 Å². The Hall–Kier alpha value is -1.84. The number of aromatic nitrogens is 2. The molecule has 0 radical (unpaired) electrons. The van der Waals surface area contributed by atoms with Gasteiger partial charge in [-0.15, -0.1) is 0 Å². The number of rotatable bonds is 5. The van der Waals surface area contributed by atoms with Gasteiger partial charge in [-0.25, -0.2) is 4.98 Å². The molecule has 1 heterocycles. The second kappa shape index (κ2) is 5.03. The van der Waals surface area contributed by atoms with Crippen molar-refractivity contribution in [1.82, 2.24) is 9.97 Å². The smallest absolute Gasteiger partial charge is 0.225 e. The number of hydrogen-bond acceptors (Lipinski definition) is 4. The average molecular weight is 256 g/mol. The van der Waals surface area contributed by atoms with Crippen molar-refractivity contribution in [3.05, 3.63) is 24.3 Å². The summed E-state index contributed by atoms with van der Waals surface area (Å²) < 4.78 is 0. The molecule has 3 rings (SSSR count). The maximum Gasteiger partial charge on any atom is 0.225 e. The van der Waals surface area contributed by atoms with Crippen LogP contribution in [0, 0.1) is 0 Å². The first-order valence-corrected chi connectivity index (χ1v) is 7.10. The standard InChI is InChI=1S/C15H20N4/c1-3-16-15-17-13-8-6-5-7-12(13)14(18-15)19(4-2)11-9-10-11/h5-8,11H,3-4,9-10H2,1-2H3,(H,16,17,18). The summed E-state index contributed by atoms with van der Waals surface area (Å²) in [6, 6.07) is 8.93. The number of nitrogens with zero attached hydrogens (tertiary/aromatic N) is 3. The third kappa shape index (κ3) is 2.35. The quantitative estimate of drug-likeness (QED) is 0.892. The van der Waals surface area contributed by atoms with Crippen molar-refractivity contribution in [3.8, 4) is 0 Å². The van der Waals surface area contributed by atoms with Gasteiger partial charge in [-0.3, -0.25) is 0 Å². The van der Waals surface area contributed by atoms with Crippen LogP contribution in [-0.4, -0.2) is 29.1 Å². The van der Waals surface area contributed by atoms with Crippen molar-refractivity contribution in [1.29, 1.82) is 0 Å². The van der Waals surface area contributed by atoms with Crippen LogP contribution in [0.5, 0.6) is 0 Å². The van der Waals surface area contributed by atoms with E-state index in [4.69, 9.17) is 4.98 Å². The number of hydrogen-bond donors (Lipinski definition) is 1. The van der Waals surface area contributed by atoms with Crippen LogP contribution >= 0.6 is 0 Å². The lowest BCUT2D eigenvalue weighted by atomic mass is 10.2. The number of para-hydroxylation sites is 1. The summed E-state index contributed by atoms with van der Waals surface area (Å²) in [4.78, 5) is 11.7. The fraction of sp³-hybridized carbons (Fsp3) is 0.467. The Morgan fingerprint density at radius 2 is 2.00 bits per heavy atom. The summed E-state index contributed by atoms with van der Waals surface area (Å²) in [6.45, 7) is 6.10. The molecule has 0 amide bonds. The van der Waals surface area contributed by atoms with E-state index in [2.05, 4.69) is 47.2 Å². The predicted octanol–water partition coefficient (Wildman–Crippen LogP) is 3.05. The molecule has 1 fully saturated rings. The molecule has 1 N–H and O–H groups in total. The Labute approximate surface area is 113 Å². The first kappa shape index (κ1) is 12.2. The minimum Gasteiger partial charge on any atom is -0.354 e. The Kier molecular flexibility index (Phi) is 3.23. The first-order chi connectivity index (χ1) is 9.33. The SMILES string of the molecule is CCNc1nc(N(CC)C2CC2)c2ccccc2n1. The molecule has 1 aromatic heterocycles. The molecule has 0 aliphatic heterocycles. The molecule has 4 heteroatoms. The van der Waals surface area contributed by atoms with Gasteiger partial charge in [0.2, 0.25) is 5.95 Å². The molecule has 1 aromatic carbocycles. The van der Waals surface area contributed by atoms with E-state index in [0.717, 1.165) is 35.8 Å². The zero-order chi connectivity index (χ0) is 13.2. The van der Waals surface area contributed by atoms with Gasteiger partial charge in [0.25, 0.3) is 0 Å². The van der Waals surface area contributed by atoms with E-state index in [0.29, 0.717) is 6.04 Å². The highest BCUT2D eigenvalue weighted by Crippen LogP contribution is 2.34. The van der Waals surface area contributed by atoms with Gasteiger partial charge in [-0.2, -0.15) is 4.98 Å². The maximum absolute atomic E-state index is 4.73. The van der Waals surface area contributed by atoms with Crippen molar-refractivity contribution < 1.29 is 0 Å². The monoisotopic (exact) mass is 256 g/mol. The number of benzene rings is 1. The Bertz CT molecular complexity index is 577. The lowest BCUT2D eigenvalue weighted by Crippen LogP contribution is -2.26. The fourth-order valence-corrected chi connectivity index (χ4v) is 2.48. The van der Waals surface area contributed by atoms with Gasteiger partial charge < -0.3 is 10.2 Å². The van der Waals surface area contributed by atoms with Crippen molar-refractivity contribution >= 4 is 22.7 Å². The molecule has 4 nitrogen and oxygen atoms in total. The van der Waals surface area contributed by atoms with Crippen LogP contribution in [-0.2, 0) is 0 Å². The first-order valence-electron chi connectivity index (χ1n) is 7.10. The van der Waals surface area contributed by atoms with Gasteiger partial charge in [0.15, 0.2) is 0 Å². The van der Waals surface area contributed by atoms with Gasteiger partial charge in [0, 0.05) is 24.5 Å². The zero-order valence-corrected chi connectivity index (χ0v) is 11.6. The molecular weight excluding hydrogens is 236 g/mol. The molecule has 19 heavy (non-hydrogen) atoms. The molecule has 2 aromatic rings. The minimum absolute atomic E-state index is 0.665. The summed E-state index contributed by atoms with van der Waals surface area (Å²) in [5.41, 5.74) is 1.02. The van der Waals surface area contributed by atoms with Crippen molar-refractivity contribution in [3.63, 3.8) is 0 Å². The van der Waals surface area contributed by atoms with E-state index in [1.54, 1.807) is 0 Å². The molecule has 0 atom stereocenters. The van der Waals surface area contributed by atoms with Gasteiger partial charge in [-0.1, -0.05) is 12.1 Å². The second-order valence-corrected chi connectivity index (χ2v) is 4.94. The van der Waals surface area contributed by atoms with Crippen LogP contribution < -0.4 is 10.2 Å². The molecule has 1 saturated carbocycles. The van der Waals surface area contributed by atoms with Crippen LogP contribution in [0.25, 0.3) is 10.9 Å². The van der Waals surface area contributed by atoms with Gasteiger partial charge in [-0.05, 0) is 38.8 Å². The number of nitrogens with one attached hydrogen (secondary N) is 1. The Balaban J connectivity index is 2.13. The highest BCUT2D eigenvalue weighted by atomic mass is 15.3. The summed E-state index contributed by atoms with van der Waals surface area (Å²) in [5.74, 6) is 1.81. The molecular formula is C15H20N4. The van der Waals surface area contributed by atoms with E-state index >= 15 is 0 Å². The summed E-state index contributed by atoms with van der Waals surface area (Å²) in [7, 11) is 0. The van der Waals surface area contributed by atoms with E-state index in [9.17, 15) is 0 Å². The minimum atomic E-state index is 0.665. The molecule has 0 unspecified atom stereocenters. The van der Waals surface area contributed by atoms with Crippen molar-refractivity contribution in [2.45, 2.75) is 32.7 Å². The number of anilines is 2. The van der Waals surface area contributed by atoms with E-state index < -0.39 is 0 Å². The third-order valence-electron chi connectivity index (χ3n) is 3.52. The molecule has 0 bridgehead atoms. The summed E-state index contributed by atoms with van der Waals surface area (Å²) in [6.07, 6.45) is 2.56. The highest BCUT2D eigenvalue weighted by Gasteiger charge is 2.30. The van der Waals surface area contributed by atoms with E-state index in [-0.39, 0.29) is 0 Å². The fourth-order valence-electron chi connectivity index (χ4n) is 2.48. The van der Waals surface area contributed by atoms with Crippen LogP contribution in [0.4, 0.5) is 11.8 Å². The lowest BCUT2D eigenvalue weighted by Gasteiger charge is -2.23. The van der Waals surface area contributed by atoms with Crippen molar-refractivity contribution in [2.75, 3.05) is 23.3 Å². The summed E-state index contributed by atoms with van der Waals surface area (Å²) >= 11 is 0. The third-order valence-corrected chi connectivity index (χ3v) is 3.52. The molecule has 1 aliphatic rings. The zero-order valence-electron chi connectivity index (χ0n) is 11.6. The summed E-state index contributed by atoms with van der Waals surface area (Å²) in [5, 5.41) is 4.38. The normalized spacial score (nSPS) is 14.6. The second-order valence-electron chi connectivity index (χ2n) is 4.94. The Morgan fingerprint density at radius 3 is 2.68 bits per heavy atom. The Morgan fingerprint density at radius 1 is 1.21 bits per heavy atom. The largest absolute Gasteiger partial charge is 0.354 e. The average Bonchev–Trinajstić information content (AvgIpc) is 3.25. The molecule has 100 valence electrons. The molecule has 0 saturated heterocycles. The van der Waals surface area contributed by atoms with Crippen LogP contribution in [0.2, 0.25) is 0 Å². The van der Waals surface area contributed by atoms with Crippen LogP contribution in [0.15, 0.2) is 24.3 Å². The van der Waals surface area contributed by atoms with E-state index in [1.807, 2.05) is 6.07 Å². The molecule has 0 spiro atoms. The van der Waals surface area contributed by atoms with Crippen LogP contribution in [0.1, 0.15) is 26.7 Å². The predicted molar refractivity (Wildman–Crippen MR) is 79.7 cm³/mol. The van der Waals surface area contributed by atoms with Gasteiger partial charge >= 0.3 is 0 Å². The van der Waals surface area contributed by atoms with Crippen LogP contribution in [0.3, 0.4) is 0 Å². The van der Waals surface area contributed by atoms with E-state index in [1.165, 1.54) is 12.8 Å². The highest BCUT2D eigenvalue weighted by molar-refractivity contribution is 5.90.